The van der Waals surface area contributed by atoms with Crippen LogP contribution in [-0.2, 0) is 15.3 Å². The number of benzene rings is 1. The maximum atomic E-state index is 13.5. The van der Waals surface area contributed by atoms with Crippen LogP contribution in [0.3, 0.4) is 0 Å². The van der Waals surface area contributed by atoms with E-state index in [2.05, 4.69) is 15.5 Å². The normalized spacial score (nSPS) is 20.9. The van der Waals surface area contributed by atoms with Crippen LogP contribution in [0.1, 0.15) is 25.3 Å². The van der Waals surface area contributed by atoms with E-state index in [0.29, 0.717) is 26.2 Å². The Morgan fingerprint density at radius 2 is 1.96 bits per heavy atom. The van der Waals surface area contributed by atoms with Crippen molar-refractivity contribution in [3.05, 3.63) is 35.6 Å². The first-order valence-electron chi connectivity index (χ1n) is 9.63. The molecule has 158 valence electrons. The Morgan fingerprint density at radius 3 is 2.57 bits per heavy atom. The lowest BCUT2D eigenvalue weighted by Crippen LogP contribution is -2.46. The van der Waals surface area contributed by atoms with Crippen LogP contribution in [0.25, 0.3) is 0 Å². The second-order valence-corrected chi connectivity index (χ2v) is 9.71. The topological polar surface area (TPSA) is 73.8 Å². The van der Waals surface area contributed by atoms with Gasteiger partial charge in [-0.2, -0.15) is 0 Å². The van der Waals surface area contributed by atoms with Crippen LogP contribution in [0.5, 0.6) is 0 Å². The molecular formula is C19H30FIN4O2S. The monoisotopic (exact) mass is 524 g/mol. The molecule has 1 aliphatic heterocycles. The standard InChI is InChI=1S/C19H29FN4O2S.HI/c1-2-21-18(22-8-9-24-10-12-27(25,26)13-11-24)23-15-19(6-7-19)16-4-3-5-17(20)14-16;/h3-5,14H,2,6-13,15H2,1H3,(H2,21,22,23);1H. The van der Waals surface area contributed by atoms with Crippen molar-refractivity contribution in [2.75, 3.05) is 50.8 Å². The summed E-state index contributed by atoms with van der Waals surface area (Å²) < 4.78 is 36.5. The number of halogens is 2. The van der Waals surface area contributed by atoms with Crippen molar-refractivity contribution >= 4 is 39.8 Å². The van der Waals surface area contributed by atoms with Crippen LogP contribution < -0.4 is 10.6 Å². The number of nitrogens with zero attached hydrogens (tertiary/aromatic N) is 2. The van der Waals surface area contributed by atoms with Crippen LogP contribution in [0.15, 0.2) is 29.3 Å². The Kier molecular flexibility index (Phi) is 8.50. The highest BCUT2D eigenvalue weighted by molar-refractivity contribution is 14.0. The van der Waals surface area contributed by atoms with Crippen LogP contribution in [0.2, 0.25) is 0 Å². The number of guanidine groups is 1. The lowest BCUT2D eigenvalue weighted by Gasteiger charge is -2.26. The number of nitrogens with one attached hydrogen (secondary N) is 2. The minimum Gasteiger partial charge on any atom is -0.357 e. The minimum atomic E-state index is -2.84. The van der Waals surface area contributed by atoms with Crippen LogP contribution in [0, 0.1) is 5.82 Å². The first-order chi connectivity index (χ1) is 12.9. The number of hydrogen-bond acceptors (Lipinski definition) is 4. The van der Waals surface area contributed by atoms with Crippen LogP contribution in [-0.4, -0.2) is 70.1 Å². The summed E-state index contributed by atoms with van der Waals surface area (Å²) in [7, 11) is -2.84. The predicted octanol–water partition coefficient (Wildman–Crippen LogP) is 1.76. The van der Waals surface area contributed by atoms with Gasteiger partial charge in [0, 0.05) is 38.1 Å². The third-order valence-corrected chi connectivity index (χ3v) is 6.94. The largest absolute Gasteiger partial charge is 0.357 e. The van der Waals surface area contributed by atoms with E-state index in [1.165, 1.54) is 6.07 Å². The summed E-state index contributed by atoms with van der Waals surface area (Å²) in [5.74, 6) is 1.05. The number of hydrogen-bond donors (Lipinski definition) is 2. The zero-order chi connectivity index (χ0) is 19.3. The van der Waals surface area contributed by atoms with Crippen LogP contribution >= 0.6 is 24.0 Å². The fraction of sp³-hybridized carbons (Fsp3) is 0.632. The van der Waals surface area contributed by atoms with E-state index in [-0.39, 0.29) is 46.7 Å². The summed E-state index contributed by atoms with van der Waals surface area (Å²) in [4.78, 5) is 6.88. The van der Waals surface area contributed by atoms with Gasteiger partial charge in [0.25, 0.3) is 0 Å². The summed E-state index contributed by atoms with van der Waals surface area (Å²) in [5.41, 5.74) is 0.989. The summed E-state index contributed by atoms with van der Waals surface area (Å²) in [6.07, 6.45) is 2.06. The molecular weight excluding hydrogens is 494 g/mol. The van der Waals surface area contributed by atoms with E-state index in [4.69, 9.17) is 4.99 Å². The maximum absolute atomic E-state index is 13.5. The molecule has 1 aliphatic carbocycles. The Labute approximate surface area is 184 Å². The van der Waals surface area contributed by atoms with Gasteiger partial charge >= 0.3 is 0 Å². The van der Waals surface area contributed by atoms with Gasteiger partial charge in [-0.05, 0) is 37.5 Å². The van der Waals surface area contributed by atoms with Gasteiger partial charge in [0.05, 0.1) is 18.1 Å². The van der Waals surface area contributed by atoms with Gasteiger partial charge in [-0.3, -0.25) is 9.89 Å². The molecule has 9 heteroatoms. The number of rotatable bonds is 7. The molecule has 1 heterocycles. The molecule has 2 fully saturated rings. The van der Waals surface area contributed by atoms with E-state index in [9.17, 15) is 12.8 Å². The van der Waals surface area contributed by atoms with Gasteiger partial charge in [-0.15, -0.1) is 24.0 Å². The van der Waals surface area contributed by atoms with E-state index in [0.717, 1.165) is 37.5 Å². The fourth-order valence-electron chi connectivity index (χ4n) is 3.39. The van der Waals surface area contributed by atoms with Gasteiger partial charge in [0.1, 0.15) is 5.82 Å². The van der Waals surface area contributed by atoms with Crippen molar-refractivity contribution in [3.63, 3.8) is 0 Å². The second-order valence-electron chi connectivity index (χ2n) is 7.41. The molecule has 6 nitrogen and oxygen atoms in total. The van der Waals surface area contributed by atoms with Gasteiger partial charge in [0.2, 0.25) is 0 Å². The molecule has 0 spiro atoms. The molecule has 1 aromatic rings. The summed E-state index contributed by atoms with van der Waals surface area (Å²) in [5, 5.41) is 6.57. The Morgan fingerprint density at radius 1 is 1.25 bits per heavy atom. The molecule has 0 amide bonds. The zero-order valence-electron chi connectivity index (χ0n) is 16.3. The lowest BCUT2D eigenvalue weighted by atomic mass is 9.96. The smallest absolute Gasteiger partial charge is 0.191 e. The molecule has 0 bridgehead atoms. The maximum Gasteiger partial charge on any atom is 0.191 e. The van der Waals surface area contributed by atoms with E-state index < -0.39 is 9.84 Å². The summed E-state index contributed by atoms with van der Waals surface area (Å²) >= 11 is 0. The second kappa shape index (κ2) is 10.2. The van der Waals surface area contributed by atoms with E-state index in [1.54, 1.807) is 12.1 Å². The molecule has 1 saturated carbocycles. The average molecular weight is 524 g/mol. The van der Waals surface area contributed by atoms with E-state index in [1.807, 2.05) is 13.0 Å². The SMILES string of the molecule is CCNC(=NCC1(c2cccc(F)c2)CC1)NCCN1CCS(=O)(=O)CC1.I. The minimum absolute atomic E-state index is 0. The number of aliphatic imine (C=N–C) groups is 1. The average Bonchev–Trinajstić information content (AvgIpc) is 3.42. The van der Waals surface area contributed by atoms with Gasteiger partial charge in [-0.1, -0.05) is 12.1 Å². The highest BCUT2D eigenvalue weighted by Gasteiger charge is 2.44. The summed E-state index contributed by atoms with van der Waals surface area (Å²) in [6, 6.07) is 6.83. The lowest BCUT2D eigenvalue weighted by molar-refractivity contribution is 0.299. The van der Waals surface area contributed by atoms with Gasteiger partial charge < -0.3 is 10.6 Å². The molecule has 3 rings (SSSR count). The predicted molar refractivity (Wildman–Crippen MR) is 122 cm³/mol. The molecule has 1 saturated heterocycles. The third-order valence-electron chi connectivity index (χ3n) is 5.33. The zero-order valence-corrected chi connectivity index (χ0v) is 19.4. The number of sulfone groups is 1. The van der Waals surface area contributed by atoms with Crippen molar-refractivity contribution < 1.29 is 12.8 Å². The molecule has 0 atom stereocenters. The molecule has 2 N–H and O–H groups in total. The Balaban J connectivity index is 0.00000280. The first-order valence-corrected chi connectivity index (χ1v) is 11.5. The van der Waals surface area contributed by atoms with E-state index >= 15 is 0 Å². The molecule has 2 aliphatic rings. The van der Waals surface area contributed by atoms with Crippen molar-refractivity contribution in [2.24, 2.45) is 4.99 Å². The van der Waals surface area contributed by atoms with Crippen molar-refractivity contribution in [1.82, 2.24) is 15.5 Å². The summed E-state index contributed by atoms with van der Waals surface area (Å²) in [6.45, 7) is 6.11. The molecule has 0 radical (unpaired) electrons. The van der Waals surface area contributed by atoms with Crippen LogP contribution in [0.4, 0.5) is 4.39 Å². The molecule has 0 unspecified atom stereocenters. The Hall–Kier alpha value is -0.940. The highest BCUT2D eigenvalue weighted by atomic mass is 127. The Bertz CT molecular complexity index is 770. The van der Waals surface area contributed by atoms with Crippen molar-refractivity contribution in [1.29, 1.82) is 0 Å². The fourth-order valence-corrected chi connectivity index (χ4v) is 4.66. The van der Waals surface area contributed by atoms with Crippen molar-refractivity contribution in [3.8, 4) is 0 Å². The molecule has 28 heavy (non-hydrogen) atoms. The quantitative estimate of drug-likeness (QED) is 0.323. The first kappa shape index (κ1) is 23.3. The van der Waals surface area contributed by atoms with Crippen molar-refractivity contribution in [2.45, 2.75) is 25.2 Å². The molecule has 1 aromatic carbocycles. The highest BCUT2D eigenvalue weighted by Crippen LogP contribution is 2.48. The van der Waals surface area contributed by atoms with Gasteiger partial charge in [0.15, 0.2) is 15.8 Å². The van der Waals surface area contributed by atoms with Gasteiger partial charge in [-0.25, -0.2) is 12.8 Å². The molecule has 0 aromatic heterocycles. The third kappa shape index (κ3) is 6.55.